The molecule has 0 bridgehead atoms. The molecule has 0 unspecified atom stereocenters. The van der Waals surface area contributed by atoms with Crippen LogP contribution in [-0.2, 0) is 0 Å². The van der Waals surface area contributed by atoms with Gasteiger partial charge >= 0.3 is 37.1 Å². The fraction of sp³-hybridized carbons (Fsp3) is 1.00. The average Bonchev–Trinajstić information content (AvgIpc) is 2.69. The van der Waals surface area contributed by atoms with Gasteiger partial charge < -0.3 is 0 Å². The highest BCUT2D eigenvalue weighted by molar-refractivity contribution is 5.28. The van der Waals surface area contributed by atoms with Gasteiger partial charge in [-0.15, -0.1) is 0 Å². The normalized spacial score (nSPS) is 23.4. The van der Waals surface area contributed by atoms with Crippen molar-refractivity contribution in [2.75, 3.05) is 0 Å². The summed E-state index contributed by atoms with van der Waals surface area (Å²) in [7, 11) is 0. The second-order valence-electron chi connectivity index (χ2n) is 6.05. The van der Waals surface area contributed by atoms with Crippen molar-refractivity contribution in [2.24, 2.45) is 16.2 Å². The van der Waals surface area contributed by atoms with Gasteiger partial charge in [-0.2, -0.15) is 79.0 Å². The summed E-state index contributed by atoms with van der Waals surface area (Å²) in [5.74, 6) is 0. The quantitative estimate of drug-likeness (QED) is 0.326. The molecule has 0 N–H and O–H groups in total. The summed E-state index contributed by atoms with van der Waals surface area (Å²) >= 11 is 0. The van der Waals surface area contributed by atoms with Gasteiger partial charge in [-0.25, -0.2) is 0 Å². The van der Waals surface area contributed by atoms with E-state index in [1.807, 2.05) is 0 Å². The topological polar surface area (TPSA) is 0 Å². The van der Waals surface area contributed by atoms with Crippen LogP contribution in [0.4, 0.5) is 79.0 Å². The molecule has 0 heterocycles. The Kier molecular flexibility index (Phi) is 5.26. The lowest BCUT2D eigenvalue weighted by atomic mass is 9.53. The fourth-order valence-electron chi connectivity index (χ4n) is 3.98. The van der Waals surface area contributed by atoms with Gasteiger partial charge in [-0.3, -0.25) is 0 Å². The van der Waals surface area contributed by atoms with E-state index in [0.29, 0.717) is 0 Å². The fourth-order valence-corrected chi connectivity index (χ4v) is 3.98. The molecule has 0 aromatic carbocycles. The van der Waals surface area contributed by atoms with Crippen molar-refractivity contribution in [1.82, 2.24) is 0 Å². The van der Waals surface area contributed by atoms with Gasteiger partial charge in [0, 0.05) is 0 Å². The van der Waals surface area contributed by atoms with E-state index in [1.54, 1.807) is 0 Å². The molecule has 0 spiro atoms. The molecule has 1 rings (SSSR count). The summed E-state index contributed by atoms with van der Waals surface area (Å²) in [6.45, 7) is 0. The van der Waals surface area contributed by atoms with E-state index >= 15 is 0 Å². The minimum absolute atomic E-state index is 3.82. The lowest BCUT2D eigenvalue weighted by Crippen LogP contribution is -2.77. The molecule has 1 aliphatic rings. The summed E-state index contributed by atoms with van der Waals surface area (Å²) in [5.41, 5.74) is -23.4. The molecule has 0 atom stereocenters. The average molecular weight is 478 g/mol. The Morgan fingerprint density at radius 1 is 0.310 bits per heavy atom. The van der Waals surface area contributed by atoms with E-state index in [2.05, 4.69) is 0 Å². The van der Waals surface area contributed by atoms with Crippen molar-refractivity contribution in [3.8, 4) is 0 Å². The molecule has 18 heteroatoms. The first-order chi connectivity index (χ1) is 12.2. The maximum absolute atomic E-state index is 13.3. The first kappa shape index (κ1) is 25.8. The van der Waals surface area contributed by atoms with E-state index in [1.165, 1.54) is 0 Å². The van der Waals surface area contributed by atoms with E-state index in [0.717, 1.165) is 0 Å². The van der Waals surface area contributed by atoms with Crippen LogP contribution in [0, 0.1) is 16.2 Å². The summed E-state index contributed by atoms with van der Waals surface area (Å²) in [5, 5.41) is 0. The second-order valence-corrected chi connectivity index (χ2v) is 6.05. The molecule has 29 heavy (non-hydrogen) atoms. The highest BCUT2D eigenvalue weighted by Crippen LogP contribution is 2.86. The predicted molar refractivity (Wildman–Crippen MR) is 52.9 cm³/mol. The molecule has 1 fully saturated rings. The van der Waals surface area contributed by atoms with Crippen molar-refractivity contribution in [1.29, 1.82) is 0 Å². The zero-order valence-corrected chi connectivity index (χ0v) is 12.7. The van der Waals surface area contributed by atoms with Crippen LogP contribution < -0.4 is 0 Å². The minimum Gasteiger partial charge on any atom is -0.170 e. The molecule has 0 saturated heterocycles. The van der Waals surface area contributed by atoms with E-state index in [9.17, 15) is 79.0 Å². The number of hydrogen-bond acceptors (Lipinski definition) is 0. The van der Waals surface area contributed by atoms with Crippen LogP contribution >= 0.6 is 0 Å². The molecule has 0 aromatic rings. The first-order valence-electron chi connectivity index (χ1n) is 6.61. The summed E-state index contributed by atoms with van der Waals surface area (Å²) < 4.78 is 237. The monoisotopic (exact) mass is 478 g/mol. The van der Waals surface area contributed by atoms with Gasteiger partial charge in [-0.1, -0.05) is 0 Å². The van der Waals surface area contributed by atoms with E-state index < -0.39 is 66.1 Å². The van der Waals surface area contributed by atoms with Crippen molar-refractivity contribution in [3.05, 3.63) is 0 Å². The summed E-state index contributed by atoms with van der Waals surface area (Å²) in [6.07, 6.45) is -55.8. The first-order valence-corrected chi connectivity index (χ1v) is 6.61. The molecular weight excluding hydrogens is 474 g/mol. The Morgan fingerprint density at radius 2 is 0.483 bits per heavy atom. The van der Waals surface area contributed by atoms with E-state index in [-0.39, 0.29) is 0 Å². The SMILES string of the molecule is FC(F)(F)C1(C(F)(F)F)CCC(C(F)(F)F)(C(F)(F)F)C1(C(F)(F)F)C(F)(F)F. The van der Waals surface area contributed by atoms with Gasteiger partial charge in [0.2, 0.25) is 5.41 Å². The van der Waals surface area contributed by atoms with Crippen molar-refractivity contribution < 1.29 is 79.0 Å². The standard InChI is InChI=1S/C11H4F18/c12-6(13,14)3(7(15,16)17)1-2-4(8(18,19)20,9(21,22)23)5(3,10(24,25)26)11(27,28)29/h1-2H2. The molecule has 0 aliphatic heterocycles. The van der Waals surface area contributed by atoms with Crippen molar-refractivity contribution in [2.45, 2.75) is 49.9 Å². The van der Waals surface area contributed by atoms with Gasteiger partial charge in [0.25, 0.3) is 0 Å². The zero-order chi connectivity index (χ0) is 23.9. The number of alkyl halides is 18. The van der Waals surface area contributed by atoms with Crippen LogP contribution in [0.1, 0.15) is 12.8 Å². The highest BCUT2D eigenvalue weighted by Gasteiger charge is 3.06. The third-order valence-corrected chi connectivity index (χ3v) is 4.94. The van der Waals surface area contributed by atoms with Crippen LogP contribution in [0.15, 0.2) is 0 Å². The Bertz CT molecular complexity index is 531. The van der Waals surface area contributed by atoms with E-state index in [4.69, 9.17) is 0 Å². The maximum atomic E-state index is 13.3. The van der Waals surface area contributed by atoms with Crippen LogP contribution in [-0.4, -0.2) is 37.1 Å². The predicted octanol–water partition coefficient (Wildman–Crippen LogP) is 7.11. The number of halogens is 18. The van der Waals surface area contributed by atoms with Crippen LogP contribution in [0.25, 0.3) is 0 Å². The Balaban J connectivity index is 4.60. The molecule has 0 radical (unpaired) electrons. The number of hydrogen-bond donors (Lipinski definition) is 0. The highest BCUT2D eigenvalue weighted by atomic mass is 19.4. The van der Waals surface area contributed by atoms with Crippen LogP contribution in [0.5, 0.6) is 0 Å². The number of rotatable bonds is 0. The Morgan fingerprint density at radius 3 is 0.586 bits per heavy atom. The largest absolute Gasteiger partial charge is 0.405 e. The Labute approximate surface area is 146 Å². The van der Waals surface area contributed by atoms with Gasteiger partial charge in [0.15, 0.2) is 10.8 Å². The smallest absolute Gasteiger partial charge is 0.170 e. The lowest BCUT2D eigenvalue weighted by molar-refractivity contribution is -0.522. The third kappa shape index (κ3) is 2.71. The molecule has 0 aromatic heterocycles. The molecule has 174 valence electrons. The molecule has 1 aliphatic carbocycles. The molecular formula is C11H4F18. The van der Waals surface area contributed by atoms with Crippen molar-refractivity contribution in [3.63, 3.8) is 0 Å². The summed E-state index contributed by atoms with van der Waals surface area (Å²) in [6, 6.07) is 0. The van der Waals surface area contributed by atoms with Crippen molar-refractivity contribution >= 4 is 0 Å². The van der Waals surface area contributed by atoms with Gasteiger partial charge in [0.05, 0.1) is 0 Å². The van der Waals surface area contributed by atoms with Crippen LogP contribution in [0.3, 0.4) is 0 Å². The minimum atomic E-state index is -8.37. The Hall–Kier alpha value is -1.26. The second kappa shape index (κ2) is 5.91. The molecule has 0 nitrogen and oxygen atoms in total. The van der Waals surface area contributed by atoms with Crippen LogP contribution in [0.2, 0.25) is 0 Å². The molecule has 1 saturated carbocycles. The summed E-state index contributed by atoms with van der Waals surface area (Å²) in [4.78, 5) is 0. The zero-order valence-electron chi connectivity index (χ0n) is 12.7. The maximum Gasteiger partial charge on any atom is 0.405 e. The van der Waals surface area contributed by atoms with Gasteiger partial charge in [0.1, 0.15) is 0 Å². The van der Waals surface area contributed by atoms with Gasteiger partial charge in [-0.05, 0) is 12.8 Å². The lowest BCUT2D eigenvalue weighted by Gasteiger charge is -2.55. The third-order valence-electron chi connectivity index (χ3n) is 4.94. The molecule has 0 amide bonds.